The zero-order valence-corrected chi connectivity index (χ0v) is 13.2. The summed E-state index contributed by atoms with van der Waals surface area (Å²) in [4.78, 5) is 16.5. The Morgan fingerprint density at radius 1 is 1.17 bits per heavy atom. The molecule has 1 N–H and O–H groups in total. The third-order valence-electron chi connectivity index (χ3n) is 4.74. The van der Waals surface area contributed by atoms with E-state index in [1.165, 1.54) is 18.9 Å². The van der Waals surface area contributed by atoms with Gasteiger partial charge in [0.1, 0.15) is 0 Å². The average Bonchev–Trinajstić information content (AvgIpc) is 2.58. The molecule has 2 aliphatic rings. The predicted molar refractivity (Wildman–Crippen MR) is 84.3 cm³/mol. The second-order valence-corrected chi connectivity index (χ2v) is 6.43. The summed E-state index contributed by atoms with van der Waals surface area (Å²) in [6.07, 6.45) is 2.50. The van der Waals surface area contributed by atoms with Crippen LogP contribution in [0.2, 0.25) is 0 Å². The lowest BCUT2D eigenvalue weighted by atomic mass is 9.99. The van der Waals surface area contributed by atoms with Crippen molar-refractivity contribution < 1.29 is 13.6 Å². The van der Waals surface area contributed by atoms with E-state index in [9.17, 15) is 13.6 Å². The SMILES string of the molecule is O=C(c1ccc(F)c(F)c1)N1CCN(CC2CCCNC2)CC1. The molecule has 1 aromatic carbocycles. The number of carbonyl (C=O) groups excluding carboxylic acids is 1. The van der Waals surface area contributed by atoms with Gasteiger partial charge >= 0.3 is 0 Å². The fourth-order valence-corrected chi connectivity index (χ4v) is 3.39. The number of hydrogen-bond acceptors (Lipinski definition) is 3. The van der Waals surface area contributed by atoms with Gasteiger partial charge in [-0.15, -0.1) is 0 Å². The third kappa shape index (κ3) is 4.06. The normalized spacial score (nSPS) is 23.0. The molecule has 6 heteroatoms. The minimum absolute atomic E-state index is 0.217. The standard InChI is InChI=1S/C17H23F2N3O/c18-15-4-3-14(10-16(15)19)17(23)22-8-6-21(7-9-22)12-13-2-1-5-20-11-13/h3-4,10,13,20H,1-2,5-9,11-12H2. The number of piperazine rings is 1. The van der Waals surface area contributed by atoms with Gasteiger partial charge in [0.15, 0.2) is 11.6 Å². The van der Waals surface area contributed by atoms with Gasteiger partial charge in [-0.1, -0.05) is 0 Å². The fraction of sp³-hybridized carbons (Fsp3) is 0.588. The number of nitrogens with zero attached hydrogens (tertiary/aromatic N) is 2. The molecule has 0 bridgehead atoms. The number of nitrogens with one attached hydrogen (secondary N) is 1. The van der Waals surface area contributed by atoms with Crippen LogP contribution in [0.3, 0.4) is 0 Å². The Bertz CT molecular complexity index is 553. The highest BCUT2D eigenvalue weighted by molar-refractivity contribution is 5.94. The fourth-order valence-electron chi connectivity index (χ4n) is 3.39. The van der Waals surface area contributed by atoms with Gasteiger partial charge in [-0.3, -0.25) is 9.69 Å². The van der Waals surface area contributed by atoms with Crippen LogP contribution in [0.15, 0.2) is 18.2 Å². The first kappa shape index (κ1) is 16.3. The molecule has 1 unspecified atom stereocenters. The summed E-state index contributed by atoms with van der Waals surface area (Å²) < 4.78 is 26.2. The zero-order valence-electron chi connectivity index (χ0n) is 13.2. The molecule has 23 heavy (non-hydrogen) atoms. The maximum Gasteiger partial charge on any atom is 0.254 e. The van der Waals surface area contributed by atoms with Crippen LogP contribution >= 0.6 is 0 Å². The Hall–Kier alpha value is -1.53. The molecular formula is C17H23F2N3O. The van der Waals surface area contributed by atoms with Crippen LogP contribution in [-0.4, -0.2) is 61.5 Å². The second kappa shape index (κ2) is 7.36. The van der Waals surface area contributed by atoms with E-state index < -0.39 is 11.6 Å². The van der Waals surface area contributed by atoms with Gasteiger partial charge in [-0.05, 0) is 50.0 Å². The highest BCUT2D eigenvalue weighted by Crippen LogP contribution is 2.15. The molecule has 2 saturated heterocycles. The van der Waals surface area contributed by atoms with E-state index >= 15 is 0 Å². The maximum atomic E-state index is 13.3. The van der Waals surface area contributed by atoms with E-state index in [0.717, 1.165) is 44.9 Å². The molecule has 0 aliphatic carbocycles. The summed E-state index contributed by atoms with van der Waals surface area (Å²) in [5, 5.41) is 3.43. The largest absolute Gasteiger partial charge is 0.336 e. The summed E-state index contributed by atoms with van der Waals surface area (Å²) in [6.45, 7) is 6.22. The van der Waals surface area contributed by atoms with Crippen LogP contribution in [-0.2, 0) is 0 Å². The molecule has 1 atom stereocenters. The van der Waals surface area contributed by atoms with Crippen LogP contribution in [0.1, 0.15) is 23.2 Å². The molecule has 0 spiro atoms. The van der Waals surface area contributed by atoms with Crippen molar-refractivity contribution >= 4 is 5.91 Å². The zero-order chi connectivity index (χ0) is 16.2. The summed E-state index contributed by atoms with van der Waals surface area (Å²) in [5.41, 5.74) is 0.217. The van der Waals surface area contributed by atoms with Crippen LogP contribution in [0.4, 0.5) is 8.78 Å². The number of amides is 1. The van der Waals surface area contributed by atoms with E-state index in [2.05, 4.69) is 10.2 Å². The highest BCUT2D eigenvalue weighted by Gasteiger charge is 2.24. The second-order valence-electron chi connectivity index (χ2n) is 6.43. The van der Waals surface area contributed by atoms with Crippen molar-refractivity contribution in [2.45, 2.75) is 12.8 Å². The van der Waals surface area contributed by atoms with Gasteiger partial charge in [0, 0.05) is 38.3 Å². The smallest absolute Gasteiger partial charge is 0.254 e. The van der Waals surface area contributed by atoms with E-state index in [0.29, 0.717) is 19.0 Å². The molecule has 2 fully saturated rings. The number of carbonyl (C=O) groups is 1. The van der Waals surface area contributed by atoms with Crippen molar-refractivity contribution in [3.05, 3.63) is 35.4 Å². The van der Waals surface area contributed by atoms with E-state index in [1.807, 2.05) is 0 Å². The van der Waals surface area contributed by atoms with E-state index in [1.54, 1.807) is 4.90 Å². The minimum atomic E-state index is -0.973. The molecule has 0 saturated carbocycles. The first-order chi connectivity index (χ1) is 11.1. The molecule has 2 heterocycles. The lowest BCUT2D eigenvalue weighted by Crippen LogP contribution is -2.50. The maximum absolute atomic E-state index is 13.3. The van der Waals surface area contributed by atoms with Crippen LogP contribution in [0.25, 0.3) is 0 Å². The molecule has 4 nitrogen and oxygen atoms in total. The van der Waals surface area contributed by atoms with E-state index in [-0.39, 0.29) is 11.5 Å². The number of piperidine rings is 1. The van der Waals surface area contributed by atoms with Gasteiger partial charge in [-0.25, -0.2) is 8.78 Å². The van der Waals surface area contributed by atoms with Crippen molar-refractivity contribution in [2.75, 3.05) is 45.8 Å². The van der Waals surface area contributed by atoms with Crippen molar-refractivity contribution in [3.8, 4) is 0 Å². The quantitative estimate of drug-likeness (QED) is 0.920. The molecule has 2 aliphatic heterocycles. The first-order valence-electron chi connectivity index (χ1n) is 8.31. The monoisotopic (exact) mass is 323 g/mol. The Kier molecular flexibility index (Phi) is 5.23. The van der Waals surface area contributed by atoms with Gasteiger partial charge in [-0.2, -0.15) is 0 Å². The lowest BCUT2D eigenvalue weighted by molar-refractivity contribution is 0.0609. The molecule has 1 amide bonds. The van der Waals surface area contributed by atoms with Crippen molar-refractivity contribution in [2.24, 2.45) is 5.92 Å². The lowest BCUT2D eigenvalue weighted by Gasteiger charge is -2.37. The van der Waals surface area contributed by atoms with Gasteiger partial charge < -0.3 is 10.2 Å². The number of hydrogen-bond donors (Lipinski definition) is 1. The molecule has 0 radical (unpaired) electrons. The van der Waals surface area contributed by atoms with Crippen molar-refractivity contribution in [1.29, 1.82) is 0 Å². The Balaban J connectivity index is 1.51. The molecule has 1 aromatic rings. The summed E-state index contributed by atoms with van der Waals surface area (Å²) in [7, 11) is 0. The van der Waals surface area contributed by atoms with E-state index in [4.69, 9.17) is 0 Å². The van der Waals surface area contributed by atoms with Crippen LogP contribution < -0.4 is 5.32 Å². The summed E-state index contributed by atoms with van der Waals surface area (Å²) >= 11 is 0. The summed E-state index contributed by atoms with van der Waals surface area (Å²) in [6, 6.07) is 3.34. The average molecular weight is 323 g/mol. The highest BCUT2D eigenvalue weighted by atomic mass is 19.2. The van der Waals surface area contributed by atoms with Gasteiger partial charge in [0.2, 0.25) is 0 Å². The van der Waals surface area contributed by atoms with Crippen molar-refractivity contribution in [3.63, 3.8) is 0 Å². The number of rotatable bonds is 3. The number of halogens is 2. The summed E-state index contributed by atoms with van der Waals surface area (Å²) in [5.74, 6) is -1.42. The molecule has 3 rings (SSSR count). The predicted octanol–water partition coefficient (Wildman–Crippen LogP) is 1.72. The van der Waals surface area contributed by atoms with Gasteiger partial charge in [0.25, 0.3) is 5.91 Å². The Morgan fingerprint density at radius 3 is 2.61 bits per heavy atom. The number of benzene rings is 1. The third-order valence-corrected chi connectivity index (χ3v) is 4.74. The van der Waals surface area contributed by atoms with Gasteiger partial charge in [0.05, 0.1) is 0 Å². The van der Waals surface area contributed by atoms with Crippen LogP contribution in [0, 0.1) is 17.6 Å². The van der Waals surface area contributed by atoms with Crippen LogP contribution in [0.5, 0.6) is 0 Å². The molecule has 0 aromatic heterocycles. The Morgan fingerprint density at radius 2 is 1.96 bits per heavy atom. The topological polar surface area (TPSA) is 35.6 Å². The first-order valence-corrected chi connectivity index (χ1v) is 8.31. The van der Waals surface area contributed by atoms with Crippen molar-refractivity contribution in [1.82, 2.24) is 15.1 Å². The molecular weight excluding hydrogens is 300 g/mol. The Labute approximate surface area is 135 Å². The molecule has 126 valence electrons. The minimum Gasteiger partial charge on any atom is -0.336 e.